The fourth-order valence-electron chi connectivity index (χ4n) is 3.83. The van der Waals surface area contributed by atoms with E-state index in [0.29, 0.717) is 21.3 Å². The molecule has 26 heavy (non-hydrogen) atoms. The second kappa shape index (κ2) is 6.76. The van der Waals surface area contributed by atoms with Crippen LogP contribution >= 0.6 is 23.2 Å². The van der Waals surface area contributed by atoms with Crippen molar-refractivity contribution in [2.24, 2.45) is 5.92 Å². The van der Waals surface area contributed by atoms with E-state index in [1.54, 1.807) is 18.2 Å². The van der Waals surface area contributed by atoms with Gasteiger partial charge in [0.1, 0.15) is 12.3 Å². The molecular weight excluding hydrogens is 385 g/mol. The zero-order valence-corrected chi connectivity index (χ0v) is 14.8. The first-order valence-electron chi connectivity index (χ1n) is 8.11. The largest absolute Gasteiger partial charge is 0.370 e. The number of ether oxygens (including phenoxy) is 1. The lowest BCUT2D eigenvalue weighted by Gasteiger charge is -2.29. The monoisotopic (exact) mass is 398 g/mol. The molecule has 136 valence electrons. The standard InChI is InChI=1S/C18H14Cl2F2N2O2/c19-10-2-1-9(6-11(10)20)24-18(25)16-15(8-3-4-23-14(22)5-8)13-7-12(21)17(16)26-13/h1-6,12-13,15-17H,7H2,(H,24,25)/t12-,13+,15+,16-,17-/m1/s1. The predicted molar refractivity (Wildman–Crippen MR) is 93.7 cm³/mol. The van der Waals surface area contributed by atoms with Gasteiger partial charge in [-0.2, -0.15) is 4.39 Å². The van der Waals surface area contributed by atoms with Crippen LogP contribution in [0.15, 0.2) is 36.5 Å². The van der Waals surface area contributed by atoms with Gasteiger partial charge < -0.3 is 10.1 Å². The molecule has 8 heteroatoms. The molecule has 2 aliphatic rings. The molecule has 4 rings (SSSR count). The minimum atomic E-state index is -1.23. The maximum absolute atomic E-state index is 14.2. The average Bonchev–Trinajstić information content (AvgIpc) is 3.15. The topological polar surface area (TPSA) is 51.2 Å². The molecule has 0 unspecified atom stereocenters. The van der Waals surface area contributed by atoms with E-state index in [1.807, 2.05) is 0 Å². The number of halogens is 4. The number of carbonyl (C=O) groups is 1. The van der Waals surface area contributed by atoms with Gasteiger partial charge in [-0.05, 0) is 35.9 Å². The van der Waals surface area contributed by atoms with Crippen molar-refractivity contribution < 1.29 is 18.3 Å². The lowest BCUT2D eigenvalue weighted by Crippen LogP contribution is -2.41. The maximum Gasteiger partial charge on any atom is 0.230 e. The van der Waals surface area contributed by atoms with Crippen LogP contribution in [0.4, 0.5) is 14.5 Å². The number of alkyl halides is 1. The van der Waals surface area contributed by atoms with Crippen LogP contribution in [0.25, 0.3) is 0 Å². The molecule has 2 bridgehead atoms. The van der Waals surface area contributed by atoms with Gasteiger partial charge in [0.25, 0.3) is 0 Å². The van der Waals surface area contributed by atoms with Gasteiger partial charge in [0, 0.05) is 24.2 Å². The molecule has 0 radical (unpaired) electrons. The third kappa shape index (κ3) is 3.06. The van der Waals surface area contributed by atoms with Crippen LogP contribution in [-0.2, 0) is 9.53 Å². The van der Waals surface area contributed by atoms with E-state index in [4.69, 9.17) is 27.9 Å². The number of hydrogen-bond donors (Lipinski definition) is 1. The van der Waals surface area contributed by atoms with Crippen molar-refractivity contribution in [2.75, 3.05) is 5.32 Å². The Hall–Kier alpha value is -1.76. The molecule has 2 aromatic rings. The Morgan fingerprint density at radius 1 is 1.23 bits per heavy atom. The van der Waals surface area contributed by atoms with Gasteiger partial charge in [-0.15, -0.1) is 0 Å². The van der Waals surface area contributed by atoms with Crippen LogP contribution in [0.2, 0.25) is 10.0 Å². The van der Waals surface area contributed by atoms with Crippen LogP contribution in [0.1, 0.15) is 17.9 Å². The first-order valence-corrected chi connectivity index (χ1v) is 8.86. The molecule has 1 aromatic carbocycles. The van der Waals surface area contributed by atoms with Gasteiger partial charge >= 0.3 is 0 Å². The maximum atomic E-state index is 14.2. The summed E-state index contributed by atoms with van der Waals surface area (Å²) in [7, 11) is 0. The van der Waals surface area contributed by atoms with Crippen molar-refractivity contribution in [3.63, 3.8) is 0 Å². The Balaban J connectivity index is 1.63. The van der Waals surface area contributed by atoms with E-state index in [0.717, 1.165) is 0 Å². The smallest absolute Gasteiger partial charge is 0.230 e. The molecule has 0 spiro atoms. The minimum absolute atomic E-state index is 0.190. The molecule has 2 saturated heterocycles. The molecule has 3 heterocycles. The van der Waals surface area contributed by atoms with Crippen molar-refractivity contribution in [1.82, 2.24) is 4.98 Å². The number of fused-ring (bicyclic) bond motifs is 2. The molecule has 0 aliphatic carbocycles. The molecule has 1 N–H and O–H groups in total. The fourth-order valence-corrected chi connectivity index (χ4v) is 4.13. The molecule has 5 atom stereocenters. The highest BCUT2D eigenvalue weighted by Crippen LogP contribution is 2.50. The van der Waals surface area contributed by atoms with E-state index in [1.165, 1.54) is 18.3 Å². The second-order valence-corrected chi connectivity index (χ2v) is 7.29. The zero-order valence-electron chi connectivity index (χ0n) is 13.3. The summed E-state index contributed by atoms with van der Waals surface area (Å²) in [5.74, 6) is -2.27. The third-order valence-corrected chi connectivity index (χ3v) is 5.65. The molecule has 1 amide bonds. The summed E-state index contributed by atoms with van der Waals surface area (Å²) in [5, 5.41) is 3.39. The van der Waals surface area contributed by atoms with Crippen molar-refractivity contribution in [3.8, 4) is 0 Å². The third-order valence-electron chi connectivity index (χ3n) is 4.91. The van der Waals surface area contributed by atoms with Crippen molar-refractivity contribution >= 4 is 34.8 Å². The van der Waals surface area contributed by atoms with Gasteiger partial charge in [-0.3, -0.25) is 4.79 Å². The van der Waals surface area contributed by atoms with Crippen LogP contribution in [-0.4, -0.2) is 29.3 Å². The summed E-state index contributed by atoms with van der Waals surface area (Å²) < 4.78 is 33.4. The second-order valence-electron chi connectivity index (χ2n) is 6.47. The lowest BCUT2D eigenvalue weighted by molar-refractivity contribution is -0.122. The van der Waals surface area contributed by atoms with Crippen LogP contribution in [0.3, 0.4) is 0 Å². The lowest BCUT2D eigenvalue weighted by atomic mass is 9.74. The number of nitrogens with zero attached hydrogens (tertiary/aromatic N) is 1. The Bertz CT molecular complexity index is 867. The van der Waals surface area contributed by atoms with Gasteiger partial charge in [-0.1, -0.05) is 23.2 Å². The minimum Gasteiger partial charge on any atom is -0.370 e. The highest BCUT2D eigenvalue weighted by molar-refractivity contribution is 6.42. The highest BCUT2D eigenvalue weighted by Gasteiger charge is 2.57. The fraction of sp³-hybridized carbons (Fsp3) is 0.333. The van der Waals surface area contributed by atoms with Gasteiger partial charge in [0.2, 0.25) is 11.9 Å². The zero-order chi connectivity index (χ0) is 18.4. The Morgan fingerprint density at radius 3 is 2.77 bits per heavy atom. The van der Waals surface area contributed by atoms with Crippen LogP contribution < -0.4 is 5.32 Å². The van der Waals surface area contributed by atoms with E-state index in [2.05, 4.69) is 10.3 Å². The summed E-state index contributed by atoms with van der Waals surface area (Å²) in [6.07, 6.45) is -1.04. The molecule has 0 saturated carbocycles. The molecule has 2 aliphatic heterocycles. The summed E-state index contributed by atoms with van der Waals surface area (Å²) in [5.41, 5.74) is 1.02. The molecule has 2 fully saturated rings. The van der Waals surface area contributed by atoms with E-state index < -0.39 is 42.1 Å². The normalized spacial score (nSPS) is 29.8. The number of amides is 1. The van der Waals surface area contributed by atoms with E-state index >= 15 is 0 Å². The first-order chi connectivity index (χ1) is 12.4. The Labute approximate surface area is 158 Å². The molecular formula is C18H14Cl2F2N2O2. The Morgan fingerprint density at radius 2 is 2.04 bits per heavy atom. The number of aromatic nitrogens is 1. The highest BCUT2D eigenvalue weighted by atomic mass is 35.5. The van der Waals surface area contributed by atoms with Crippen molar-refractivity contribution in [2.45, 2.75) is 30.7 Å². The van der Waals surface area contributed by atoms with Crippen molar-refractivity contribution in [1.29, 1.82) is 0 Å². The van der Waals surface area contributed by atoms with Gasteiger partial charge in [0.05, 0.1) is 22.1 Å². The summed E-state index contributed by atoms with van der Waals surface area (Å²) >= 11 is 11.8. The van der Waals surface area contributed by atoms with E-state index in [9.17, 15) is 13.6 Å². The number of nitrogens with one attached hydrogen (secondary N) is 1. The number of hydrogen-bond acceptors (Lipinski definition) is 3. The summed E-state index contributed by atoms with van der Waals surface area (Å²) in [4.78, 5) is 16.4. The number of pyridine rings is 1. The van der Waals surface area contributed by atoms with Crippen LogP contribution in [0, 0.1) is 11.9 Å². The van der Waals surface area contributed by atoms with Gasteiger partial charge in [0.15, 0.2) is 0 Å². The quantitative estimate of drug-likeness (QED) is 0.780. The number of anilines is 1. The number of benzene rings is 1. The van der Waals surface area contributed by atoms with Crippen LogP contribution in [0.5, 0.6) is 0 Å². The SMILES string of the molecule is O=C(Nc1ccc(Cl)c(Cl)c1)[C@H]1[C@@H]2O[C@@H](C[C@H]2F)[C@@H]1c1ccnc(F)c1. The van der Waals surface area contributed by atoms with E-state index in [-0.39, 0.29) is 6.42 Å². The summed E-state index contributed by atoms with van der Waals surface area (Å²) in [6, 6.07) is 7.58. The predicted octanol–water partition coefficient (Wildman–Crippen LogP) is 4.38. The molecule has 4 nitrogen and oxygen atoms in total. The molecule has 1 aromatic heterocycles. The van der Waals surface area contributed by atoms with Crippen molar-refractivity contribution in [3.05, 3.63) is 58.1 Å². The Kier molecular flexibility index (Phi) is 4.59. The first kappa shape index (κ1) is 17.6. The number of carbonyl (C=O) groups excluding carboxylic acids is 1. The van der Waals surface area contributed by atoms with Gasteiger partial charge in [-0.25, -0.2) is 9.37 Å². The number of rotatable bonds is 3. The average molecular weight is 399 g/mol. The summed E-state index contributed by atoms with van der Waals surface area (Å²) in [6.45, 7) is 0.